The zero-order chi connectivity index (χ0) is 14.7. The van der Waals surface area contributed by atoms with Gasteiger partial charge in [0.25, 0.3) is 5.91 Å². The Morgan fingerprint density at radius 3 is 2.85 bits per heavy atom. The van der Waals surface area contributed by atoms with Gasteiger partial charge in [-0.25, -0.2) is 10.0 Å². The van der Waals surface area contributed by atoms with Gasteiger partial charge in [-0.15, -0.1) is 0 Å². The van der Waals surface area contributed by atoms with Crippen LogP contribution in [0.5, 0.6) is 0 Å². The number of rotatable bonds is 2. The van der Waals surface area contributed by atoms with E-state index in [0.717, 1.165) is 0 Å². The predicted molar refractivity (Wildman–Crippen MR) is 64.8 cm³/mol. The van der Waals surface area contributed by atoms with Crippen LogP contribution < -0.4 is 4.90 Å². The molecule has 8 heteroatoms. The smallest absolute Gasteiger partial charge is 0.309 e. The van der Waals surface area contributed by atoms with Gasteiger partial charge < -0.3 is 4.74 Å². The first-order valence-electron chi connectivity index (χ1n) is 5.56. The van der Waals surface area contributed by atoms with Crippen LogP contribution in [0.25, 0.3) is 0 Å². The number of nitriles is 1. The zero-order valence-electron chi connectivity index (χ0n) is 10.5. The second-order valence-corrected chi connectivity index (χ2v) is 3.90. The van der Waals surface area contributed by atoms with Gasteiger partial charge in [-0.3, -0.25) is 19.7 Å². The van der Waals surface area contributed by atoms with Crippen molar-refractivity contribution in [2.45, 2.75) is 6.92 Å². The summed E-state index contributed by atoms with van der Waals surface area (Å²) >= 11 is 0. The van der Waals surface area contributed by atoms with Crippen LogP contribution in [0.15, 0.2) is 30.4 Å². The number of ether oxygens (including phenoxy) is 1. The molecule has 8 nitrogen and oxygen atoms in total. The van der Waals surface area contributed by atoms with E-state index in [1.165, 1.54) is 36.4 Å². The van der Waals surface area contributed by atoms with Gasteiger partial charge in [0.15, 0.2) is 0 Å². The molecule has 102 valence electrons. The maximum absolute atomic E-state index is 11.8. The molecule has 1 aliphatic heterocycles. The van der Waals surface area contributed by atoms with E-state index in [4.69, 9.17) is 10.00 Å². The molecule has 0 saturated heterocycles. The summed E-state index contributed by atoms with van der Waals surface area (Å²) in [6.07, 6.45) is 2.52. The first-order chi connectivity index (χ1) is 9.51. The first kappa shape index (κ1) is 13.5. The third-order valence-electron chi connectivity index (χ3n) is 2.44. The van der Waals surface area contributed by atoms with Crippen LogP contribution >= 0.6 is 0 Å². The van der Waals surface area contributed by atoms with Gasteiger partial charge in [0.05, 0.1) is 18.1 Å². The Hall–Kier alpha value is -2.92. The molecule has 0 unspecified atom stereocenters. The van der Waals surface area contributed by atoms with Gasteiger partial charge in [0, 0.05) is 6.92 Å². The SMILES string of the molecule is CC(=O)OC1=CN(c2ccc(C#N)nc2)C(=O)CN1O. The number of hydrogen-bond donors (Lipinski definition) is 1. The number of amides is 1. The number of hydroxylamine groups is 2. The molecule has 0 atom stereocenters. The summed E-state index contributed by atoms with van der Waals surface area (Å²) in [6, 6.07) is 4.84. The van der Waals surface area contributed by atoms with E-state index in [1.807, 2.05) is 6.07 Å². The fourth-order valence-corrected chi connectivity index (χ4v) is 1.57. The Morgan fingerprint density at radius 1 is 1.55 bits per heavy atom. The lowest BCUT2D eigenvalue weighted by molar-refractivity contribution is -0.158. The van der Waals surface area contributed by atoms with E-state index in [-0.39, 0.29) is 18.1 Å². The third kappa shape index (κ3) is 2.73. The molecule has 0 spiro atoms. The minimum atomic E-state index is -0.623. The number of carbonyl (C=O) groups is 2. The molecule has 0 bridgehead atoms. The number of pyridine rings is 1. The van der Waals surface area contributed by atoms with Crippen LogP contribution in [0.1, 0.15) is 12.6 Å². The molecule has 2 heterocycles. The quantitative estimate of drug-likeness (QED) is 0.775. The van der Waals surface area contributed by atoms with Crippen molar-refractivity contribution < 1.29 is 19.5 Å². The van der Waals surface area contributed by atoms with Gasteiger partial charge in [-0.05, 0) is 12.1 Å². The number of carbonyl (C=O) groups excluding carboxylic acids is 2. The van der Waals surface area contributed by atoms with Crippen molar-refractivity contribution in [3.8, 4) is 6.07 Å². The van der Waals surface area contributed by atoms with Crippen LogP contribution in [-0.2, 0) is 14.3 Å². The molecule has 0 aliphatic carbocycles. The second-order valence-electron chi connectivity index (χ2n) is 3.90. The Kier molecular flexibility index (Phi) is 3.63. The van der Waals surface area contributed by atoms with Crippen molar-refractivity contribution in [1.29, 1.82) is 5.26 Å². The predicted octanol–water partition coefficient (Wildman–Crippen LogP) is 0.353. The van der Waals surface area contributed by atoms with E-state index in [1.54, 1.807) is 0 Å². The minimum Gasteiger partial charge on any atom is -0.406 e. The monoisotopic (exact) mass is 274 g/mol. The summed E-state index contributed by atoms with van der Waals surface area (Å²) in [5, 5.41) is 18.7. The molecule has 0 radical (unpaired) electrons. The van der Waals surface area contributed by atoms with E-state index >= 15 is 0 Å². The number of hydrogen-bond acceptors (Lipinski definition) is 7. The topological polar surface area (TPSA) is 107 Å². The Labute approximate surface area is 114 Å². The molecule has 2 rings (SSSR count). The van der Waals surface area contributed by atoms with Crippen LogP contribution in [0.4, 0.5) is 5.69 Å². The van der Waals surface area contributed by atoms with Gasteiger partial charge in [0.2, 0.25) is 5.88 Å². The number of anilines is 1. The van der Waals surface area contributed by atoms with Gasteiger partial charge >= 0.3 is 5.97 Å². The highest BCUT2D eigenvalue weighted by Crippen LogP contribution is 2.20. The lowest BCUT2D eigenvalue weighted by atomic mass is 10.3. The van der Waals surface area contributed by atoms with Crippen molar-refractivity contribution >= 4 is 17.6 Å². The third-order valence-corrected chi connectivity index (χ3v) is 2.44. The maximum atomic E-state index is 11.8. The summed E-state index contributed by atoms with van der Waals surface area (Å²) in [5.41, 5.74) is 0.609. The molecule has 1 aromatic heterocycles. The summed E-state index contributed by atoms with van der Waals surface area (Å²) < 4.78 is 4.78. The minimum absolute atomic E-state index is 0.165. The molecule has 0 aromatic carbocycles. The van der Waals surface area contributed by atoms with Crippen molar-refractivity contribution in [3.05, 3.63) is 36.1 Å². The fourth-order valence-electron chi connectivity index (χ4n) is 1.57. The fraction of sp³-hybridized carbons (Fsp3) is 0.167. The number of aromatic nitrogens is 1. The van der Waals surface area contributed by atoms with Crippen molar-refractivity contribution in [2.75, 3.05) is 11.4 Å². The van der Waals surface area contributed by atoms with Crippen LogP contribution in [0.3, 0.4) is 0 Å². The number of esters is 1. The first-order valence-corrected chi connectivity index (χ1v) is 5.56. The van der Waals surface area contributed by atoms with Gasteiger partial charge in [-0.2, -0.15) is 5.26 Å². The molecule has 1 amide bonds. The molecular formula is C12H10N4O4. The molecule has 20 heavy (non-hydrogen) atoms. The van der Waals surface area contributed by atoms with Crippen LogP contribution in [-0.4, -0.2) is 33.7 Å². The Bertz CT molecular complexity index is 617. The largest absolute Gasteiger partial charge is 0.406 e. The highest BCUT2D eigenvalue weighted by Gasteiger charge is 2.27. The van der Waals surface area contributed by atoms with E-state index in [0.29, 0.717) is 10.8 Å². The average Bonchev–Trinajstić information content (AvgIpc) is 2.41. The van der Waals surface area contributed by atoms with Crippen molar-refractivity contribution in [3.63, 3.8) is 0 Å². The van der Waals surface area contributed by atoms with Crippen molar-refractivity contribution in [2.24, 2.45) is 0 Å². The lowest BCUT2D eigenvalue weighted by Gasteiger charge is -2.29. The van der Waals surface area contributed by atoms with Crippen LogP contribution in [0.2, 0.25) is 0 Å². The summed E-state index contributed by atoms with van der Waals surface area (Å²) in [7, 11) is 0. The van der Waals surface area contributed by atoms with Crippen LogP contribution in [0, 0.1) is 11.3 Å². The summed E-state index contributed by atoms with van der Waals surface area (Å²) in [6.45, 7) is 0.817. The maximum Gasteiger partial charge on any atom is 0.309 e. The van der Waals surface area contributed by atoms with E-state index in [2.05, 4.69) is 4.98 Å². The lowest BCUT2D eigenvalue weighted by Crippen LogP contribution is -2.42. The summed E-state index contributed by atoms with van der Waals surface area (Å²) in [5.74, 6) is -1.22. The molecule has 0 saturated carbocycles. The normalized spacial score (nSPS) is 14.7. The Morgan fingerprint density at radius 2 is 2.30 bits per heavy atom. The van der Waals surface area contributed by atoms with Gasteiger partial charge in [0.1, 0.15) is 18.3 Å². The zero-order valence-corrected chi connectivity index (χ0v) is 10.5. The molecule has 1 aromatic rings. The van der Waals surface area contributed by atoms with Crippen molar-refractivity contribution in [1.82, 2.24) is 10.0 Å². The highest BCUT2D eigenvalue weighted by atomic mass is 16.6. The standard InChI is InChI=1S/C12H10N4O4/c1-8(17)20-12-7-15(11(18)6-16(12)19)10-3-2-9(4-13)14-5-10/h2-3,5,7,19H,6H2,1H3. The molecule has 1 aliphatic rings. The highest BCUT2D eigenvalue weighted by molar-refractivity contribution is 5.97. The summed E-state index contributed by atoms with van der Waals surface area (Å²) in [4.78, 5) is 27.8. The molecule has 1 N–H and O–H groups in total. The Balaban J connectivity index is 2.33. The van der Waals surface area contributed by atoms with Gasteiger partial charge in [-0.1, -0.05) is 0 Å². The molecule has 0 fully saturated rings. The average molecular weight is 274 g/mol. The van der Waals surface area contributed by atoms with E-state index < -0.39 is 11.9 Å². The molecular weight excluding hydrogens is 264 g/mol. The number of nitrogens with zero attached hydrogens (tertiary/aromatic N) is 4. The van der Waals surface area contributed by atoms with E-state index in [9.17, 15) is 14.8 Å². The second kappa shape index (κ2) is 5.38.